The Balaban J connectivity index is 2.08. The van der Waals surface area contributed by atoms with Crippen LogP contribution in [0.5, 0.6) is 0 Å². The maximum absolute atomic E-state index is 12.3. The number of nitrogens with zero attached hydrogens (tertiary/aromatic N) is 1. The highest BCUT2D eigenvalue weighted by Gasteiger charge is 2.12. The van der Waals surface area contributed by atoms with E-state index in [-0.39, 0.29) is 5.91 Å². The zero-order valence-corrected chi connectivity index (χ0v) is 13.6. The number of aryl methyl sites for hydroxylation is 1. The van der Waals surface area contributed by atoms with Crippen LogP contribution in [-0.2, 0) is 6.54 Å². The maximum atomic E-state index is 12.3. The summed E-state index contributed by atoms with van der Waals surface area (Å²) in [5.74, 6) is -0.137. The van der Waals surface area contributed by atoms with Gasteiger partial charge < -0.3 is 10.6 Å². The molecule has 0 aliphatic heterocycles. The van der Waals surface area contributed by atoms with Gasteiger partial charge in [0, 0.05) is 28.3 Å². The third-order valence-corrected chi connectivity index (χ3v) is 4.03. The molecule has 21 heavy (non-hydrogen) atoms. The second kappa shape index (κ2) is 7.43. The number of hydrogen-bond acceptors (Lipinski definition) is 4. The molecule has 2 rings (SSSR count). The molecule has 0 unspecified atom stereocenters. The van der Waals surface area contributed by atoms with Crippen LogP contribution in [0, 0.1) is 6.92 Å². The summed E-state index contributed by atoms with van der Waals surface area (Å²) in [6.07, 6.45) is 2.78. The number of halogens is 1. The lowest BCUT2D eigenvalue weighted by molar-refractivity contribution is 0.0952. The van der Waals surface area contributed by atoms with Gasteiger partial charge >= 0.3 is 0 Å². The highest BCUT2D eigenvalue weighted by atomic mass is 35.5. The molecule has 2 aromatic rings. The largest absolute Gasteiger partial charge is 0.384 e. The van der Waals surface area contributed by atoms with Crippen molar-refractivity contribution in [2.45, 2.75) is 26.8 Å². The van der Waals surface area contributed by atoms with Crippen molar-refractivity contribution in [1.29, 1.82) is 0 Å². The van der Waals surface area contributed by atoms with Crippen LogP contribution in [0.15, 0.2) is 24.4 Å². The summed E-state index contributed by atoms with van der Waals surface area (Å²) in [5.41, 5.74) is 1.37. The molecule has 0 spiro atoms. The van der Waals surface area contributed by atoms with Gasteiger partial charge in [-0.2, -0.15) is 0 Å². The van der Waals surface area contributed by atoms with E-state index in [1.54, 1.807) is 29.7 Å². The molecule has 1 aromatic carbocycles. The summed E-state index contributed by atoms with van der Waals surface area (Å²) in [6, 6.07) is 5.30. The molecule has 0 saturated carbocycles. The Kier molecular flexibility index (Phi) is 5.59. The molecule has 0 atom stereocenters. The zero-order chi connectivity index (χ0) is 15.2. The lowest BCUT2D eigenvalue weighted by Crippen LogP contribution is -2.23. The molecular formula is C15H18ClN3OS. The van der Waals surface area contributed by atoms with E-state index in [1.807, 2.05) is 13.0 Å². The van der Waals surface area contributed by atoms with E-state index >= 15 is 0 Å². The Bertz CT molecular complexity index is 627. The van der Waals surface area contributed by atoms with Gasteiger partial charge in [-0.1, -0.05) is 18.5 Å². The number of carbonyl (C=O) groups excluding carboxylic acids is 1. The summed E-state index contributed by atoms with van der Waals surface area (Å²) in [6.45, 7) is 5.31. The van der Waals surface area contributed by atoms with Crippen LogP contribution in [0.3, 0.4) is 0 Å². The molecule has 0 saturated heterocycles. The van der Waals surface area contributed by atoms with Crippen molar-refractivity contribution in [1.82, 2.24) is 10.3 Å². The predicted octanol–water partition coefficient (Wildman–Crippen LogP) is 3.86. The zero-order valence-electron chi connectivity index (χ0n) is 12.1. The molecule has 1 heterocycles. The van der Waals surface area contributed by atoms with E-state index in [1.165, 1.54) is 0 Å². The Morgan fingerprint density at radius 2 is 2.24 bits per heavy atom. The number of nitrogens with one attached hydrogen (secondary N) is 2. The van der Waals surface area contributed by atoms with E-state index in [2.05, 4.69) is 22.5 Å². The average Bonchev–Trinajstić information content (AvgIpc) is 2.89. The van der Waals surface area contributed by atoms with E-state index in [0.717, 1.165) is 28.5 Å². The summed E-state index contributed by atoms with van der Waals surface area (Å²) < 4.78 is 0. The first-order chi connectivity index (χ1) is 10.1. The van der Waals surface area contributed by atoms with Crippen LogP contribution < -0.4 is 10.6 Å². The molecular weight excluding hydrogens is 306 g/mol. The Labute approximate surface area is 133 Å². The standard InChI is InChI=1S/C15H18ClN3OS/c1-3-6-17-14-5-4-11(16)7-13(14)15(20)19-9-12-8-18-10(2)21-12/h4-5,7-8,17H,3,6,9H2,1-2H3,(H,19,20). The van der Waals surface area contributed by atoms with Gasteiger partial charge in [0.2, 0.25) is 0 Å². The van der Waals surface area contributed by atoms with Gasteiger partial charge in [0.15, 0.2) is 0 Å². The molecule has 1 aromatic heterocycles. The highest BCUT2D eigenvalue weighted by Crippen LogP contribution is 2.21. The summed E-state index contributed by atoms with van der Waals surface area (Å²) >= 11 is 7.58. The molecule has 112 valence electrons. The minimum Gasteiger partial charge on any atom is -0.384 e. The van der Waals surface area contributed by atoms with Gasteiger partial charge in [-0.25, -0.2) is 4.98 Å². The van der Waals surface area contributed by atoms with Gasteiger partial charge in [0.1, 0.15) is 0 Å². The smallest absolute Gasteiger partial charge is 0.253 e. The Morgan fingerprint density at radius 1 is 1.43 bits per heavy atom. The van der Waals surface area contributed by atoms with Crippen molar-refractivity contribution >= 4 is 34.5 Å². The minimum absolute atomic E-state index is 0.137. The molecule has 6 heteroatoms. The Morgan fingerprint density at radius 3 is 2.90 bits per heavy atom. The van der Waals surface area contributed by atoms with Gasteiger partial charge in [0.25, 0.3) is 5.91 Å². The second-order valence-electron chi connectivity index (χ2n) is 4.64. The number of thiazole rings is 1. The van der Waals surface area contributed by atoms with Crippen LogP contribution in [0.1, 0.15) is 33.6 Å². The van der Waals surface area contributed by atoms with Crippen LogP contribution in [0.4, 0.5) is 5.69 Å². The molecule has 0 aliphatic rings. The van der Waals surface area contributed by atoms with Crippen molar-refractivity contribution in [2.75, 3.05) is 11.9 Å². The first-order valence-electron chi connectivity index (χ1n) is 6.83. The number of amides is 1. The fraction of sp³-hybridized carbons (Fsp3) is 0.333. The topological polar surface area (TPSA) is 54.0 Å². The van der Waals surface area contributed by atoms with Crippen molar-refractivity contribution in [2.24, 2.45) is 0 Å². The number of hydrogen-bond donors (Lipinski definition) is 2. The molecule has 4 nitrogen and oxygen atoms in total. The summed E-state index contributed by atoms with van der Waals surface area (Å²) in [4.78, 5) is 17.5. The number of carbonyl (C=O) groups is 1. The van der Waals surface area contributed by atoms with E-state index in [0.29, 0.717) is 17.1 Å². The minimum atomic E-state index is -0.137. The second-order valence-corrected chi connectivity index (χ2v) is 6.40. The normalized spacial score (nSPS) is 10.4. The van der Waals surface area contributed by atoms with E-state index < -0.39 is 0 Å². The molecule has 0 radical (unpaired) electrons. The molecule has 0 fully saturated rings. The van der Waals surface area contributed by atoms with Gasteiger partial charge in [-0.15, -0.1) is 11.3 Å². The lowest BCUT2D eigenvalue weighted by Gasteiger charge is -2.12. The van der Waals surface area contributed by atoms with E-state index in [9.17, 15) is 4.79 Å². The Hall–Kier alpha value is -1.59. The summed E-state index contributed by atoms with van der Waals surface area (Å²) in [5, 5.41) is 7.69. The SMILES string of the molecule is CCCNc1ccc(Cl)cc1C(=O)NCc1cnc(C)s1. The van der Waals surface area contributed by atoms with Crippen LogP contribution in [0.25, 0.3) is 0 Å². The first-order valence-corrected chi connectivity index (χ1v) is 8.02. The molecule has 2 N–H and O–H groups in total. The monoisotopic (exact) mass is 323 g/mol. The van der Waals surface area contributed by atoms with Crippen LogP contribution in [-0.4, -0.2) is 17.4 Å². The van der Waals surface area contributed by atoms with Crippen molar-refractivity contribution in [3.05, 3.63) is 44.9 Å². The lowest BCUT2D eigenvalue weighted by atomic mass is 10.1. The van der Waals surface area contributed by atoms with Crippen LogP contribution >= 0.6 is 22.9 Å². The molecule has 0 aliphatic carbocycles. The van der Waals surface area contributed by atoms with Gasteiger partial charge in [-0.3, -0.25) is 4.79 Å². The summed E-state index contributed by atoms with van der Waals surface area (Å²) in [7, 11) is 0. The quantitative estimate of drug-likeness (QED) is 0.848. The number of rotatable bonds is 6. The predicted molar refractivity (Wildman–Crippen MR) is 88.3 cm³/mol. The van der Waals surface area contributed by atoms with Crippen LogP contribution in [0.2, 0.25) is 5.02 Å². The first kappa shape index (κ1) is 15.8. The van der Waals surface area contributed by atoms with Crippen molar-refractivity contribution in [3.8, 4) is 0 Å². The fourth-order valence-corrected chi connectivity index (χ4v) is 2.77. The van der Waals surface area contributed by atoms with Crippen molar-refractivity contribution < 1.29 is 4.79 Å². The van der Waals surface area contributed by atoms with Gasteiger partial charge in [0.05, 0.1) is 17.1 Å². The average molecular weight is 324 g/mol. The highest BCUT2D eigenvalue weighted by molar-refractivity contribution is 7.11. The third-order valence-electron chi connectivity index (χ3n) is 2.88. The van der Waals surface area contributed by atoms with Gasteiger partial charge in [-0.05, 0) is 31.5 Å². The third kappa shape index (κ3) is 4.44. The number of anilines is 1. The maximum Gasteiger partial charge on any atom is 0.253 e. The van der Waals surface area contributed by atoms with Crippen molar-refractivity contribution in [3.63, 3.8) is 0 Å². The molecule has 1 amide bonds. The fourth-order valence-electron chi connectivity index (χ4n) is 1.87. The number of aromatic nitrogens is 1. The molecule has 0 bridgehead atoms. The number of benzene rings is 1. The van der Waals surface area contributed by atoms with E-state index in [4.69, 9.17) is 11.6 Å².